The van der Waals surface area contributed by atoms with Gasteiger partial charge in [0, 0.05) is 39.1 Å². The molecule has 1 saturated heterocycles. The number of nitrogens with zero attached hydrogens (tertiary/aromatic N) is 1. The van der Waals surface area contributed by atoms with Crippen molar-refractivity contribution in [3.8, 4) is 11.1 Å². The lowest BCUT2D eigenvalue weighted by Crippen LogP contribution is -2.31. The molecule has 9 heteroatoms. The van der Waals surface area contributed by atoms with Crippen molar-refractivity contribution in [3.05, 3.63) is 123 Å². The van der Waals surface area contributed by atoms with Gasteiger partial charge in [-0.3, -0.25) is 4.79 Å². The number of fused-ring (bicyclic) bond motifs is 1. The number of carbonyl (C=O) groups excluding carboxylic acids is 1. The van der Waals surface area contributed by atoms with Crippen LogP contribution in [0.15, 0.2) is 101 Å². The Hall–Kier alpha value is -3.62. The minimum atomic E-state index is -4.05. The molecule has 5 nitrogen and oxygen atoms in total. The summed E-state index contributed by atoms with van der Waals surface area (Å²) in [7, 11) is -4.05. The highest BCUT2D eigenvalue weighted by atomic mass is 35.5. The fourth-order valence-corrected chi connectivity index (χ4v) is 8.43. The zero-order valence-electron chi connectivity index (χ0n) is 23.3. The van der Waals surface area contributed by atoms with Gasteiger partial charge in [0.2, 0.25) is 0 Å². The van der Waals surface area contributed by atoms with Crippen molar-refractivity contribution in [2.45, 2.75) is 24.0 Å². The van der Waals surface area contributed by atoms with Crippen molar-refractivity contribution >= 4 is 72.3 Å². The Labute approximate surface area is 265 Å². The van der Waals surface area contributed by atoms with Crippen molar-refractivity contribution in [2.75, 3.05) is 18.0 Å². The van der Waals surface area contributed by atoms with Crippen molar-refractivity contribution in [1.29, 1.82) is 0 Å². The molecule has 0 atom stereocenters. The molecule has 1 amide bonds. The van der Waals surface area contributed by atoms with E-state index in [-0.39, 0.29) is 9.77 Å². The molecular weight excluding hydrogens is 619 g/mol. The number of amides is 1. The predicted octanol–water partition coefficient (Wildman–Crippen LogP) is 8.99. The third-order valence-corrected chi connectivity index (χ3v) is 11.4. The van der Waals surface area contributed by atoms with Crippen LogP contribution < -0.4 is 9.62 Å². The second-order valence-corrected chi connectivity index (χ2v) is 14.3. The molecule has 4 aromatic carbocycles. The number of hydrogen-bond donors (Lipinski definition) is 1. The van der Waals surface area contributed by atoms with Gasteiger partial charge in [-0.15, -0.1) is 11.3 Å². The first-order chi connectivity index (χ1) is 20.7. The molecule has 0 spiro atoms. The molecule has 1 aliphatic heterocycles. The molecule has 6 rings (SSSR count). The van der Waals surface area contributed by atoms with Crippen molar-refractivity contribution < 1.29 is 13.2 Å². The molecule has 1 fully saturated rings. The van der Waals surface area contributed by atoms with E-state index in [1.54, 1.807) is 37.3 Å². The molecular formula is C34H28Cl2N2O3S2. The van der Waals surface area contributed by atoms with E-state index < -0.39 is 15.9 Å². The van der Waals surface area contributed by atoms with E-state index in [9.17, 15) is 13.2 Å². The molecule has 1 aliphatic rings. The predicted molar refractivity (Wildman–Crippen MR) is 179 cm³/mol. The van der Waals surface area contributed by atoms with Gasteiger partial charge in [0.15, 0.2) is 0 Å². The quantitative estimate of drug-likeness (QED) is 0.200. The fourth-order valence-electron chi connectivity index (χ4n) is 5.41. The summed E-state index contributed by atoms with van der Waals surface area (Å²) in [5, 5.41) is 2.01. The molecule has 2 heterocycles. The van der Waals surface area contributed by atoms with E-state index in [2.05, 4.69) is 40.0 Å². The zero-order valence-corrected chi connectivity index (χ0v) is 26.5. The first-order valence-corrected chi connectivity index (χ1v) is 16.9. The Morgan fingerprint density at radius 3 is 2.28 bits per heavy atom. The van der Waals surface area contributed by atoms with Crippen LogP contribution in [0.5, 0.6) is 0 Å². The van der Waals surface area contributed by atoms with E-state index >= 15 is 0 Å². The maximum atomic E-state index is 13.1. The molecule has 43 heavy (non-hydrogen) atoms. The molecule has 0 bridgehead atoms. The second kappa shape index (κ2) is 12.2. The summed E-state index contributed by atoms with van der Waals surface area (Å²) in [5.41, 5.74) is 6.74. The van der Waals surface area contributed by atoms with E-state index in [0.29, 0.717) is 10.6 Å². The smallest absolute Gasteiger partial charge is 0.274 e. The maximum Gasteiger partial charge on any atom is 0.274 e. The first-order valence-electron chi connectivity index (χ1n) is 13.8. The lowest BCUT2D eigenvalue weighted by molar-refractivity contribution is 0.0981. The van der Waals surface area contributed by atoms with Gasteiger partial charge in [-0.1, -0.05) is 71.2 Å². The first kappa shape index (κ1) is 29.5. The van der Waals surface area contributed by atoms with Crippen LogP contribution in [0.2, 0.25) is 10.0 Å². The number of sulfonamides is 1. The molecule has 0 radical (unpaired) electrons. The van der Waals surface area contributed by atoms with Gasteiger partial charge in [-0.25, -0.2) is 13.1 Å². The van der Waals surface area contributed by atoms with Crippen LogP contribution in [0.3, 0.4) is 0 Å². The average molecular weight is 648 g/mol. The van der Waals surface area contributed by atoms with E-state index in [4.69, 9.17) is 23.2 Å². The number of hydrogen-bond acceptors (Lipinski definition) is 5. The topological polar surface area (TPSA) is 66.5 Å². The number of piperidine rings is 1. The number of anilines is 1. The van der Waals surface area contributed by atoms with Gasteiger partial charge < -0.3 is 4.90 Å². The van der Waals surface area contributed by atoms with E-state index in [0.717, 1.165) is 63.6 Å². The highest BCUT2D eigenvalue weighted by Gasteiger charge is 2.25. The minimum absolute atomic E-state index is 0.114. The van der Waals surface area contributed by atoms with Crippen molar-refractivity contribution in [2.24, 2.45) is 0 Å². The largest absolute Gasteiger partial charge is 0.371 e. The molecule has 0 aliphatic carbocycles. The Morgan fingerprint density at radius 2 is 1.56 bits per heavy atom. The lowest BCUT2D eigenvalue weighted by Gasteiger charge is -2.30. The van der Waals surface area contributed by atoms with Gasteiger partial charge >= 0.3 is 0 Å². The Balaban J connectivity index is 1.11. The van der Waals surface area contributed by atoms with Gasteiger partial charge in [-0.05, 0) is 102 Å². The van der Waals surface area contributed by atoms with Crippen molar-refractivity contribution in [3.63, 3.8) is 0 Å². The van der Waals surface area contributed by atoms with Crippen LogP contribution in [-0.4, -0.2) is 27.4 Å². The summed E-state index contributed by atoms with van der Waals surface area (Å²) >= 11 is 13.3. The summed E-state index contributed by atoms with van der Waals surface area (Å²) < 4.78 is 29.4. The normalized spacial score (nSPS) is 13.7. The summed E-state index contributed by atoms with van der Waals surface area (Å²) in [6.07, 6.45) is 4.15. The van der Waals surface area contributed by atoms with Crippen LogP contribution in [0.4, 0.5) is 5.69 Å². The van der Waals surface area contributed by atoms with Crippen LogP contribution in [0.25, 0.3) is 27.3 Å². The average Bonchev–Trinajstić information content (AvgIpc) is 3.34. The summed E-state index contributed by atoms with van der Waals surface area (Å²) in [6, 6.07) is 28.6. The molecule has 0 unspecified atom stereocenters. The van der Waals surface area contributed by atoms with Gasteiger partial charge in [0.1, 0.15) is 4.21 Å². The number of halogens is 2. The number of rotatable bonds is 6. The maximum absolute atomic E-state index is 13.1. The second-order valence-electron chi connectivity index (χ2n) is 10.5. The Kier molecular flexibility index (Phi) is 8.34. The Bertz CT molecular complexity index is 1960. The van der Waals surface area contributed by atoms with Crippen LogP contribution >= 0.6 is 34.5 Å². The summed E-state index contributed by atoms with van der Waals surface area (Å²) in [5.74, 6) is -0.662. The third kappa shape index (κ3) is 6.36. The van der Waals surface area contributed by atoms with E-state index in [1.807, 2.05) is 36.4 Å². The fraction of sp³-hybridized carbons (Fsp3) is 0.147. The zero-order chi connectivity index (χ0) is 30.1. The molecule has 1 N–H and O–H groups in total. The lowest BCUT2D eigenvalue weighted by atomic mass is 9.95. The molecule has 0 saturated carbocycles. The molecule has 5 aromatic rings. The molecule has 1 aromatic heterocycles. The van der Waals surface area contributed by atoms with Crippen LogP contribution in [0.1, 0.15) is 34.3 Å². The minimum Gasteiger partial charge on any atom is -0.371 e. The number of carbonyl (C=O) groups is 1. The number of thiophene rings is 1. The molecule has 218 valence electrons. The highest BCUT2D eigenvalue weighted by molar-refractivity contribution is 7.92. The monoisotopic (exact) mass is 646 g/mol. The summed E-state index contributed by atoms with van der Waals surface area (Å²) in [4.78, 5) is 15.2. The van der Waals surface area contributed by atoms with Gasteiger partial charge in [-0.2, -0.15) is 0 Å². The Morgan fingerprint density at radius 1 is 0.884 bits per heavy atom. The van der Waals surface area contributed by atoms with E-state index in [1.165, 1.54) is 16.7 Å². The third-order valence-electron chi connectivity index (χ3n) is 7.70. The standard InChI is InChI=1S/C34H28Cl2N2O3S2/c1-22-31-21-28(36)12-15-32(31)42-34(22)43(40,41)37-33(39)25-8-13-29(14-9-25)38-18-16-23(17-19-38)20-26-4-2-3-5-30(26)24-6-10-27(35)11-7-24/h2-15,20-21H,16-19H2,1H3,(H,37,39). The summed E-state index contributed by atoms with van der Waals surface area (Å²) in [6.45, 7) is 3.43. The SMILES string of the molecule is Cc1c(S(=O)(=O)NC(=O)c2ccc(N3CCC(=Cc4ccccc4-c4ccc(Cl)cc4)CC3)cc2)sc2ccc(Cl)cc12. The number of nitrogens with one attached hydrogen (secondary N) is 1. The van der Waals surface area contributed by atoms with Crippen molar-refractivity contribution in [1.82, 2.24) is 4.72 Å². The van der Waals surface area contributed by atoms with Gasteiger partial charge in [0.05, 0.1) is 0 Å². The van der Waals surface area contributed by atoms with Gasteiger partial charge in [0.25, 0.3) is 15.9 Å². The van der Waals surface area contributed by atoms with Crippen LogP contribution in [-0.2, 0) is 10.0 Å². The highest BCUT2D eigenvalue weighted by Crippen LogP contribution is 2.36. The van der Waals surface area contributed by atoms with Crippen LogP contribution in [0, 0.1) is 6.92 Å². The number of aryl methyl sites for hydroxylation is 1. The number of benzene rings is 4.